The van der Waals surface area contributed by atoms with Crippen molar-refractivity contribution in [2.75, 3.05) is 13.2 Å². The molecule has 4 heteroatoms. The van der Waals surface area contributed by atoms with Gasteiger partial charge in [0.25, 0.3) is 5.97 Å². The quantitative estimate of drug-likeness (QED) is 0.415. The Morgan fingerprint density at radius 2 is 2.30 bits per heavy atom. The summed E-state index contributed by atoms with van der Waals surface area (Å²) in [6.45, 7) is 2.56. The average molecular weight is 148 g/mol. The Balaban J connectivity index is 2.09. The summed E-state index contributed by atoms with van der Waals surface area (Å²) in [5, 5.41) is 17.8. The summed E-state index contributed by atoms with van der Waals surface area (Å²) in [6, 6.07) is 0. The number of ether oxygens (including phenoxy) is 2. The summed E-state index contributed by atoms with van der Waals surface area (Å²) in [5.41, 5.74) is 0. The van der Waals surface area contributed by atoms with E-state index in [0.717, 1.165) is 0 Å². The van der Waals surface area contributed by atoms with E-state index in [1.807, 2.05) is 0 Å². The summed E-state index contributed by atoms with van der Waals surface area (Å²) in [4.78, 5) is 0. The van der Waals surface area contributed by atoms with Gasteiger partial charge in [0.2, 0.25) is 0 Å². The first-order valence-electron chi connectivity index (χ1n) is 3.34. The Labute approximate surface area is 59.4 Å². The van der Waals surface area contributed by atoms with Crippen molar-refractivity contribution in [2.24, 2.45) is 0 Å². The molecule has 0 spiro atoms. The Hall–Kier alpha value is -0.160. The molecule has 1 atom stereocenters. The normalized spacial score (nSPS) is 24.9. The molecule has 0 saturated carbocycles. The summed E-state index contributed by atoms with van der Waals surface area (Å²) in [5.74, 6) is -1.97. The topological polar surface area (TPSA) is 62.2 Å². The highest BCUT2D eigenvalue weighted by atomic mass is 16.8. The average Bonchev–Trinajstić information content (AvgIpc) is 2.66. The molecule has 0 aromatic carbocycles. The van der Waals surface area contributed by atoms with Gasteiger partial charge in [-0.25, -0.2) is 0 Å². The molecule has 1 aliphatic rings. The molecule has 1 aliphatic heterocycles. The molecule has 0 bridgehead atoms. The van der Waals surface area contributed by atoms with Crippen LogP contribution in [-0.4, -0.2) is 35.5 Å². The van der Waals surface area contributed by atoms with E-state index < -0.39 is 5.97 Å². The maximum absolute atomic E-state index is 8.88. The van der Waals surface area contributed by atoms with Crippen molar-refractivity contribution < 1.29 is 19.7 Å². The molecule has 1 saturated heterocycles. The summed E-state index contributed by atoms with van der Waals surface area (Å²) in [7, 11) is 0. The molecule has 2 N–H and O–H groups in total. The van der Waals surface area contributed by atoms with Crippen molar-refractivity contribution in [3.63, 3.8) is 0 Å². The third-order valence-corrected chi connectivity index (χ3v) is 1.36. The van der Waals surface area contributed by atoms with Gasteiger partial charge in [-0.2, -0.15) is 0 Å². The maximum atomic E-state index is 8.88. The van der Waals surface area contributed by atoms with E-state index in [-0.39, 0.29) is 19.1 Å². The van der Waals surface area contributed by atoms with E-state index in [1.165, 1.54) is 0 Å². The zero-order valence-corrected chi connectivity index (χ0v) is 5.91. The van der Waals surface area contributed by atoms with E-state index in [9.17, 15) is 0 Å². The molecule has 1 unspecified atom stereocenters. The van der Waals surface area contributed by atoms with Crippen molar-refractivity contribution in [3.05, 3.63) is 0 Å². The van der Waals surface area contributed by atoms with Gasteiger partial charge in [0.05, 0.1) is 13.2 Å². The van der Waals surface area contributed by atoms with Crippen LogP contribution in [0.3, 0.4) is 0 Å². The van der Waals surface area contributed by atoms with E-state index in [1.54, 1.807) is 6.92 Å². The van der Waals surface area contributed by atoms with Gasteiger partial charge in [-0.1, -0.05) is 6.92 Å². The van der Waals surface area contributed by atoms with Crippen LogP contribution in [0, 0.1) is 0 Å². The number of hydrogen-bond donors (Lipinski definition) is 2. The first-order chi connectivity index (χ1) is 4.64. The molecule has 1 heterocycles. The van der Waals surface area contributed by atoms with Crippen LogP contribution in [0.4, 0.5) is 0 Å². The predicted molar refractivity (Wildman–Crippen MR) is 33.2 cm³/mol. The fraction of sp³-hybridized carbons (Fsp3) is 1.00. The van der Waals surface area contributed by atoms with Gasteiger partial charge in [0.1, 0.15) is 6.10 Å². The second-order valence-corrected chi connectivity index (χ2v) is 2.36. The fourth-order valence-corrected chi connectivity index (χ4v) is 0.493. The Kier molecular flexibility index (Phi) is 2.25. The lowest BCUT2D eigenvalue weighted by Gasteiger charge is -2.18. The molecule has 60 valence electrons. The maximum Gasteiger partial charge on any atom is 0.277 e. The van der Waals surface area contributed by atoms with Crippen molar-refractivity contribution in [3.8, 4) is 0 Å². The Morgan fingerprint density at radius 3 is 2.70 bits per heavy atom. The van der Waals surface area contributed by atoms with Crippen LogP contribution in [0.15, 0.2) is 0 Å². The fourth-order valence-electron chi connectivity index (χ4n) is 0.493. The predicted octanol–water partition coefficient (Wildman–Crippen LogP) is -0.550. The van der Waals surface area contributed by atoms with E-state index in [0.29, 0.717) is 6.61 Å². The largest absolute Gasteiger partial charge is 0.371 e. The molecule has 0 radical (unpaired) electrons. The minimum absolute atomic E-state index is 0.0743. The molecular formula is C6H12O4. The Bertz CT molecular complexity index is 108. The lowest BCUT2D eigenvalue weighted by Crippen LogP contribution is -2.32. The highest BCUT2D eigenvalue weighted by Gasteiger charge is 2.28. The smallest absolute Gasteiger partial charge is 0.277 e. The van der Waals surface area contributed by atoms with Crippen molar-refractivity contribution in [1.29, 1.82) is 0 Å². The van der Waals surface area contributed by atoms with Crippen LogP contribution in [0.25, 0.3) is 0 Å². The summed E-state index contributed by atoms with van der Waals surface area (Å²) < 4.78 is 9.49. The molecular weight excluding hydrogens is 136 g/mol. The minimum Gasteiger partial charge on any atom is -0.371 e. The molecule has 0 aliphatic carbocycles. The molecule has 0 aromatic heterocycles. The van der Waals surface area contributed by atoms with Crippen molar-refractivity contribution in [1.82, 2.24) is 0 Å². The van der Waals surface area contributed by atoms with Crippen LogP contribution in [0.2, 0.25) is 0 Å². The van der Waals surface area contributed by atoms with Crippen LogP contribution >= 0.6 is 0 Å². The van der Waals surface area contributed by atoms with E-state index in [2.05, 4.69) is 4.74 Å². The molecule has 0 amide bonds. The van der Waals surface area contributed by atoms with Crippen LogP contribution in [-0.2, 0) is 9.47 Å². The highest BCUT2D eigenvalue weighted by molar-refractivity contribution is 4.68. The van der Waals surface area contributed by atoms with Crippen LogP contribution < -0.4 is 0 Å². The minimum atomic E-state index is -1.97. The van der Waals surface area contributed by atoms with Gasteiger partial charge in [-0.15, -0.1) is 0 Å². The van der Waals surface area contributed by atoms with Gasteiger partial charge in [0.15, 0.2) is 0 Å². The number of aliphatic hydroxyl groups is 2. The third-order valence-electron chi connectivity index (χ3n) is 1.36. The standard InChI is InChI=1S/C6H12O4/c1-2-6(7,8)10-4-5-3-9-5/h5,7-8H,2-4H2,1H3. The zero-order chi connectivity index (χ0) is 7.61. The number of rotatable bonds is 4. The van der Waals surface area contributed by atoms with Gasteiger partial charge in [-0.05, 0) is 0 Å². The van der Waals surface area contributed by atoms with E-state index in [4.69, 9.17) is 14.9 Å². The summed E-state index contributed by atoms with van der Waals surface area (Å²) in [6.07, 6.45) is 0.241. The monoisotopic (exact) mass is 148 g/mol. The van der Waals surface area contributed by atoms with Gasteiger partial charge >= 0.3 is 0 Å². The lowest BCUT2D eigenvalue weighted by molar-refractivity contribution is -0.339. The molecule has 4 nitrogen and oxygen atoms in total. The lowest BCUT2D eigenvalue weighted by atomic mass is 10.4. The third kappa shape index (κ3) is 2.62. The second kappa shape index (κ2) is 2.84. The van der Waals surface area contributed by atoms with E-state index >= 15 is 0 Å². The van der Waals surface area contributed by atoms with Crippen molar-refractivity contribution >= 4 is 0 Å². The SMILES string of the molecule is CCC(O)(O)OCC1CO1. The molecule has 0 aromatic rings. The number of hydrogen-bond acceptors (Lipinski definition) is 4. The first kappa shape index (κ1) is 7.94. The van der Waals surface area contributed by atoms with Gasteiger partial charge in [0, 0.05) is 6.42 Å². The second-order valence-electron chi connectivity index (χ2n) is 2.36. The van der Waals surface area contributed by atoms with Crippen LogP contribution in [0.5, 0.6) is 0 Å². The molecule has 1 fully saturated rings. The first-order valence-corrected chi connectivity index (χ1v) is 3.34. The van der Waals surface area contributed by atoms with Gasteiger partial charge in [-0.3, -0.25) is 0 Å². The van der Waals surface area contributed by atoms with Crippen LogP contribution in [0.1, 0.15) is 13.3 Å². The van der Waals surface area contributed by atoms with Crippen molar-refractivity contribution in [2.45, 2.75) is 25.4 Å². The Morgan fingerprint density at radius 1 is 1.70 bits per heavy atom. The summed E-state index contributed by atoms with van der Waals surface area (Å²) >= 11 is 0. The molecule has 1 rings (SSSR count). The zero-order valence-electron chi connectivity index (χ0n) is 5.91. The number of epoxide rings is 1. The highest BCUT2D eigenvalue weighted by Crippen LogP contribution is 2.14. The molecule has 10 heavy (non-hydrogen) atoms. The van der Waals surface area contributed by atoms with Gasteiger partial charge < -0.3 is 19.7 Å².